The maximum Gasteiger partial charge on any atom is 0.245 e. The van der Waals surface area contributed by atoms with Crippen LogP contribution in [0, 0.1) is 5.92 Å². The molecule has 2 atom stereocenters. The van der Waals surface area contributed by atoms with Crippen molar-refractivity contribution in [3.05, 3.63) is 0 Å². The van der Waals surface area contributed by atoms with Gasteiger partial charge in [-0.3, -0.25) is 9.59 Å². The van der Waals surface area contributed by atoms with Gasteiger partial charge in [-0.15, -0.1) is 0 Å². The van der Waals surface area contributed by atoms with Gasteiger partial charge < -0.3 is 10.2 Å². The number of amides is 2. The third-order valence-electron chi connectivity index (χ3n) is 4.23. The second kappa shape index (κ2) is 5.07. The summed E-state index contributed by atoms with van der Waals surface area (Å²) in [5.41, 5.74) is 0. The van der Waals surface area contributed by atoms with Crippen molar-refractivity contribution in [1.29, 1.82) is 0 Å². The minimum Gasteiger partial charge on any atom is -0.344 e. The zero-order chi connectivity index (χ0) is 12.4. The van der Waals surface area contributed by atoms with Crippen LogP contribution in [0.3, 0.4) is 0 Å². The molecule has 1 aliphatic carbocycles. The zero-order valence-corrected chi connectivity index (χ0v) is 10.7. The van der Waals surface area contributed by atoms with Crippen molar-refractivity contribution in [2.45, 2.75) is 58.0 Å². The minimum absolute atomic E-state index is 0.00788. The lowest BCUT2D eigenvalue weighted by Gasteiger charge is -2.39. The SMILES string of the molecule is CCC1NC(=O)CCN(C(C)C2CCC2)C1=O. The molecule has 2 fully saturated rings. The zero-order valence-electron chi connectivity index (χ0n) is 10.7. The molecule has 2 rings (SSSR count). The Hall–Kier alpha value is -1.06. The summed E-state index contributed by atoms with van der Waals surface area (Å²) in [6.07, 6.45) is 4.86. The van der Waals surface area contributed by atoms with Gasteiger partial charge in [0.1, 0.15) is 6.04 Å². The van der Waals surface area contributed by atoms with Crippen LogP contribution in [0.5, 0.6) is 0 Å². The third-order valence-corrected chi connectivity index (χ3v) is 4.23. The molecule has 0 aromatic heterocycles. The van der Waals surface area contributed by atoms with Crippen LogP contribution in [0.25, 0.3) is 0 Å². The average molecular weight is 238 g/mol. The predicted octanol–water partition coefficient (Wildman–Crippen LogP) is 1.30. The summed E-state index contributed by atoms with van der Waals surface area (Å²) in [5, 5.41) is 2.81. The van der Waals surface area contributed by atoms with Crippen LogP contribution in [0.15, 0.2) is 0 Å². The Balaban J connectivity index is 2.08. The number of carbonyl (C=O) groups is 2. The molecule has 0 radical (unpaired) electrons. The highest BCUT2D eigenvalue weighted by molar-refractivity contribution is 5.90. The number of nitrogens with one attached hydrogen (secondary N) is 1. The van der Waals surface area contributed by atoms with E-state index in [1.54, 1.807) is 0 Å². The maximum atomic E-state index is 12.3. The summed E-state index contributed by atoms with van der Waals surface area (Å²) in [6, 6.07) is -0.0227. The largest absolute Gasteiger partial charge is 0.344 e. The van der Waals surface area contributed by atoms with Crippen LogP contribution in [0.1, 0.15) is 46.0 Å². The Kier molecular flexibility index (Phi) is 3.69. The van der Waals surface area contributed by atoms with Crippen molar-refractivity contribution in [3.63, 3.8) is 0 Å². The number of rotatable bonds is 3. The van der Waals surface area contributed by atoms with Gasteiger partial charge in [-0.2, -0.15) is 0 Å². The van der Waals surface area contributed by atoms with E-state index in [4.69, 9.17) is 0 Å². The van der Waals surface area contributed by atoms with Crippen LogP contribution in [-0.4, -0.2) is 35.3 Å². The monoisotopic (exact) mass is 238 g/mol. The Morgan fingerprint density at radius 3 is 2.65 bits per heavy atom. The molecular formula is C13H22N2O2. The van der Waals surface area contributed by atoms with E-state index < -0.39 is 0 Å². The fraction of sp³-hybridized carbons (Fsp3) is 0.846. The van der Waals surface area contributed by atoms with Crippen LogP contribution in [0.4, 0.5) is 0 Å². The fourth-order valence-corrected chi connectivity index (χ4v) is 2.72. The Morgan fingerprint density at radius 1 is 1.41 bits per heavy atom. The average Bonchev–Trinajstić information content (AvgIpc) is 2.36. The number of hydrogen-bond acceptors (Lipinski definition) is 2. The molecule has 1 heterocycles. The molecule has 17 heavy (non-hydrogen) atoms. The number of carbonyl (C=O) groups excluding carboxylic acids is 2. The van der Waals surface area contributed by atoms with Crippen molar-refractivity contribution < 1.29 is 9.59 Å². The van der Waals surface area contributed by atoms with Crippen molar-refractivity contribution in [2.24, 2.45) is 5.92 Å². The van der Waals surface area contributed by atoms with Crippen LogP contribution in [-0.2, 0) is 9.59 Å². The molecule has 2 amide bonds. The normalized spacial score (nSPS) is 28.4. The van der Waals surface area contributed by atoms with Gasteiger partial charge in [0, 0.05) is 19.0 Å². The first-order valence-electron chi connectivity index (χ1n) is 6.73. The summed E-state index contributed by atoms with van der Waals surface area (Å²) in [7, 11) is 0. The van der Waals surface area contributed by atoms with Gasteiger partial charge in [-0.1, -0.05) is 13.3 Å². The van der Waals surface area contributed by atoms with Crippen LogP contribution < -0.4 is 5.32 Å². The number of hydrogen-bond donors (Lipinski definition) is 1. The van der Waals surface area contributed by atoms with E-state index >= 15 is 0 Å². The van der Waals surface area contributed by atoms with Crippen molar-refractivity contribution in [3.8, 4) is 0 Å². The highest BCUT2D eigenvalue weighted by Crippen LogP contribution is 2.32. The summed E-state index contributed by atoms with van der Waals surface area (Å²) in [4.78, 5) is 25.8. The van der Waals surface area contributed by atoms with Gasteiger partial charge in [-0.25, -0.2) is 0 Å². The summed E-state index contributed by atoms with van der Waals surface area (Å²) >= 11 is 0. The fourth-order valence-electron chi connectivity index (χ4n) is 2.72. The maximum absolute atomic E-state index is 12.3. The summed E-state index contributed by atoms with van der Waals surface area (Å²) in [5.74, 6) is 0.760. The van der Waals surface area contributed by atoms with E-state index in [-0.39, 0.29) is 23.9 Å². The topological polar surface area (TPSA) is 49.4 Å². The molecule has 2 aliphatic rings. The van der Waals surface area contributed by atoms with Gasteiger partial charge >= 0.3 is 0 Å². The molecule has 2 unspecified atom stereocenters. The predicted molar refractivity (Wildman–Crippen MR) is 65.4 cm³/mol. The highest BCUT2D eigenvalue weighted by atomic mass is 16.2. The first-order chi connectivity index (χ1) is 8.13. The molecule has 0 spiro atoms. The smallest absolute Gasteiger partial charge is 0.245 e. The van der Waals surface area contributed by atoms with Crippen molar-refractivity contribution >= 4 is 11.8 Å². The summed E-state index contributed by atoms with van der Waals surface area (Å²) < 4.78 is 0. The molecular weight excluding hydrogens is 216 g/mol. The van der Waals surface area contributed by atoms with E-state index in [2.05, 4.69) is 12.2 Å². The Bertz CT molecular complexity index is 313. The van der Waals surface area contributed by atoms with Gasteiger partial charge in [0.05, 0.1) is 0 Å². The van der Waals surface area contributed by atoms with E-state index in [9.17, 15) is 9.59 Å². The van der Waals surface area contributed by atoms with Crippen molar-refractivity contribution in [2.75, 3.05) is 6.54 Å². The molecule has 1 saturated carbocycles. The van der Waals surface area contributed by atoms with E-state index in [1.807, 2.05) is 11.8 Å². The van der Waals surface area contributed by atoms with E-state index in [0.717, 1.165) is 0 Å². The minimum atomic E-state index is -0.312. The van der Waals surface area contributed by atoms with Gasteiger partial charge in [-0.05, 0) is 32.1 Å². The molecule has 4 heteroatoms. The van der Waals surface area contributed by atoms with Crippen LogP contribution >= 0.6 is 0 Å². The molecule has 1 aliphatic heterocycles. The standard InChI is InChI=1S/C13H22N2O2/c1-3-11-13(17)15(8-7-12(16)14-11)9(2)10-5-4-6-10/h9-11H,3-8H2,1-2H3,(H,14,16). The molecule has 0 aromatic rings. The quantitative estimate of drug-likeness (QED) is 0.805. The lowest BCUT2D eigenvalue weighted by molar-refractivity contribution is -0.137. The lowest BCUT2D eigenvalue weighted by atomic mass is 9.79. The summed E-state index contributed by atoms with van der Waals surface area (Å²) in [6.45, 7) is 4.66. The first kappa shape index (κ1) is 12.4. The molecule has 96 valence electrons. The molecule has 4 nitrogen and oxygen atoms in total. The Morgan fingerprint density at radius 2 is 2.12 bits per heavy atom. The molecule has 1 N–H and O–H groups in total. The molecule has 1 saturated heterocycles. The highest BCUT2D eigenvalue weighted by Gasteiger charge is 2.35. The van der Waals surface area contributed by atoms with Crippen molar-refractivity contribution in [1.82, 2.24) is 10.2 Å². The van der Waals surface area contributed by atoms with Gasteiger partial charge in [0.15, 0.2) is 0 Å². The van der Waals surface area contributed by atoms with E-state index in [0.29, 0.717) is 25.3 Å². The Labute approximate surface area is 103 Å². The molecule has 0 aromatic carbocycles. The second-order valence-corrected chi connectivity index (χ2v) is 5.24. The van der Waals surface area contributed by atoms with Gasteiger partial charge in [0.25, 0.3) is 0 Å². The second-order valence-electron chi connectivity index (χ2n) is 5.24. The lowest BCUT2D eigenvalue weighted by Crippen LogP contribution is -2.50. The van der Waals surface area contributed by atoms with Gasteiger partial charge in [0.2, 0.25) is 11.8 Å². The number of nitrogens with zero attached hydrogens (tertiary/aromatic N) is 1. The molecule has 0 bridgehead atoms. The van der Waals surface area contributed by atoms with Crippen LogP contribution in [0.2, 0.25) is 0 Å². The first-order valence-corrected chi connectivity index (χ1v) is 6.73. The van der Waals surface area contributed by atoms with E-state index in [1.165, 1.54) is 19.3 Å². The third kappa shape index (κ3) is 2.45.